The fourth-order valence-corrected chi connectivity index (χ4v) is 4.19. The second kappa shape index (κ2) is 9.76. The quantitative estimate of drug-likeness (QED) is 0.584. The zero-order valence-corrected chi connectivity index (χ0v) is 19.9. The molecule has 1 aliphatic heterocycles. The third kappa shape index (κ3) is 5.26. The van der Waals surface area contributed by atoms with Gasteiger partial charge < -0.3 is 24.6 Å². The number of rotatable bonds is 7. The van der Waals surface area contributed by atoms with Gasteiger partial charge in [0.15, 0.2) is 0 Å². The summed E-state index contributed by atoms with van der Waals surface area (Å²) in [6.07, 6.45) is 1.93. The number of hydrogen-bond acceptors (Lipinski definition) is 6. The number of pyridine rings is 1. The van der Waals surface area contributed by atoms with E-state index in [4.69, 9.17) is 0 Å². The Labute approximate surface area is 194 Å². The van der Waals surface area contributed by atoms with Crippen molar-refractivity contribution in [1.29, 1.82) is 0 Å². The van der Waals surface area contributed by atoms with Crippen LogP contribution >= 0.6 is 0 Å². The number of hydrogen-bond donors (Lipinski definition) is 1. The summed E-state index contributed by atoms with van der Waals surface area (Å²) < 4.78 is 1.70. The summed E-state index contributed by atoms with van der Waals surface area (Å²) >= 11 is 0. The van der Waals surface area contributed by atoms with Crippen molar-refractivity contribution < 1.29 is 4.79 Å². The van der Waals surface area contributed by atoms with Crippen molar-refractivity contribution in [3.8, 4) is 0 Å². The van der Waals surface area contributed by atoms with Crippen LogP contribution in [0, 0.1) is 0 Å². The first kappa shape index (κ1) is 23.0. The van der Waals surface area contributed by atoms with Gasteiger partial charge in [0.1, 0.15) is 5.82 Å². The standard InChI is InChI=1S/C24H33N7O2/c1-27(2)9-14-31-21-15-19(6-7-20(21)26-24(31)33)23(32)30-12-10-29(11-13-30)22-8-5-18(16-25-22)17-28(3)4/h5-8,15-16H,9-14,17H2,1-4H3,(H,26,33). The molecule has 0 unspecified atom stereocenters. The number of benzene rings is 1. The number of carbonyl (C=O) groups excluding carboxylic acids is 1. The van der Waals surface area contributed by atoms with Crippen LogP contribution in [-0.4, -0.2) is 96.1 Å². The first-order valence-corrected chi connectivity index (χ1v) is 11.3. The predicted molar refractivity (Wildman–Crippen MR) is 131 cm³/mol. The van der Waals surface area contributed by atoms with E-state index in [0.29, 0.717) is 25.2 Å². The third-order valence-corrected chi connectivity index (χ3v) is 5.99. The highest BCUT2D eigenvalue weighted by Crippen LogP contribution is 2.18. The minimum absolute atomic E-state index is 0.00125. The Bertz CT molecular complexity index is 1160. The largest absolute Gasteiger partial charge is 0.353 e. The highest BCUT2D eigenvalue weighted by Gasteiger charge is 2.23. The van der Waals surface area contributed by atoms with Crippen molar-refractivity contribution >= 4 is 22.8 Å². The maximum atomic E-state index is 13.2. The highest BCUT2D eigenvalue weighted by molar-refractivity contribution is 5.97. The molecule has 33 heavy (non-hydrogen) atoms. The van der Waals surface area contributed by atoms with Crippen molar-refractivity contribution in [1.82, 2.24) is 29.2 Å². The number of fused-ring (bicyclic) bond motifs is 1. The zero-order valence-electron chi connectivity index (χ0n) is 19.9. The molecule has 1 amide bonds. The first-order chi connectivity index (χ1) is 15.8. The normalized spacial score (nSPS) is 14.6. The molecule has 1 aliphatic rings. The lowest BCUT2D eigenvalue weighted by atomic mass is 10.1. The van der Waals surface area contributed by atoms with Crippen LogP contribution in [0.4, 0.5) is 5.82 Å². The molecule has 0 saturated carbocycles. The van der Waals surface area contributed by atoms with E-state index in [1.165, 1.54) is 5.56 Å². The average molecular weight is 452 g/mol. The molecule has 9 heteroatoms. The Balaban J connectivity index is 1.43. The van der Waals surface area contributed by atoms with E-state index in [0.717, 1.165) is 43.0 Å². The van der Waals surface area contributed by atoms with Gasteiger partial charge in [-0.15, -0.1) is 0 Å². The van der Waals surface area contributed by atoms with E-state index in [-0.39, 0.29) is 11.6 Å². The molecule has 4 rings (SSSR count). The van der Waals surface area contributed by atoms with Gasteiger partial charge >= 0.3 is 5.69 Å². The molecule has 0 atom stereocenters. The summed E-state index contributed by atoms with van der Waals surface area (Å²) in [7, 11) is 8.03. The molecule has 0 spiro atoms. The molecule has 9 nitrogen and oxygen atoms in total. The zero-order chi connectivity index (χ0) is 23.5. The number of amides is 1. The van der Waals surface area contributed by atoms with E-state index >= 15 is 0 Å². The van der Waals surface area contributed by atoms with E-state index in [9.17, 15) is 9.59 Å². The monoisotopic (exact) mass is 451 g/mol. The lowest BCUT2D eigenvalue weighted by molar-refractivity contribution is 0.0746. The number of aromatic nitrogens is 3. The maximum absolute atomic E-state index is 13.2. The number of carbonyl (C=O) groups is 1. The van der Waals surface area contributed by atoms with Crippen LogP contribution < -0.4 is 10.6 Å². The van der Waals surface area contributed by atoms with E-state index in [2.05, 4.69) is 31.9 Å². The fourth-order valence-electron chi connectivity index (χ4n) is 4.19. The van der Waals surface area contributed by atoms with Gasteiger partial charge in [0.2, 0.25) is 0 Å². The molecule has 2 aromatic heterocycles. The summed E-state index contributed by atoms with van der Waals surface area (Å²) in [6.45, 7) is 4.94. The number of likely N-dealkylation sites (N-methyl/N-ethyl adjacent to an activating group) is 1. The van der Waals surface area contributed by atoms with Gasteiger partial charge in [-0.2, -0.15) is 0 Å². The van der Waals surface area contributed by atoms with E-state index in [1.807, 2.05) is 56.3 Å². The van der Waals surface area contributed by atoms with Crippen LogP contribution in [0.25, 0.3) is 11.0 Å². The van der Waals surface area contributed by atoms with Crippen LogP contribution in [0.2, 0.25) is 0 Å². The van der Waals surface area contributed by atoms with Gasteiger partial charge in [-0.3, -0.25) is 9.36 Å². The average Bonchev–Trinajstić information content (AvgIpc) is 3.11. The van der Waals surface area contributed by atoms with E-state index in [1.54, 1.807) is 10.6 Å². The Kier molecular flexibility index (Phi) is 6.80. The summed E-state index contributed by atoms with van der Waals surface area (Å²) in [6, 6.07) is 9.63. The van der Waals surface area contributed by atoms with Crippen LogP contribution in [0.15, 0.2) is 41.3 Å². The molecule has 1 fully saturated rings. The molecule has 3 heterocycles. The molecule has 3 aromatic rings. The second-order valence-corrected chi connectivity index (χ2v) is 9.16. The number of aromatic amines is 1. The van der Waals surface area contributed by atoms with Crippen LogP contribution in [0.3, 0.4) is 0 Å². The number of piperazine rings is 1. The van der Waals surface area contributed by atoms with Crippen LogP contribution in [0.5, 0.6) is 0 Å². The van der Waals surface area contributed by atoms with Crippen molar-refractivity contribution in [2.24, 2.45) is 0 Å². The minimum atomic E-state index is -0.144. The summed E-state index contributed by atoms with van der Waals surface area (Å²) in [5.74, 6) is 0.946. The van der Waals surface area contributed by atoms with Gasteiger partial charge in [0.25, 0.3) is 5.91 Å². The molecular formula is C24H33N7O2. The van der Waals surface area contributed by atoms with Crippen molar-refractivity contribution in [3.05, 3.63) is 58.1 Å². The van der Waals surface area contributed by atoms with Crippen molar-refractivity contribution in [2.45, 2.75) is 13.1 Å². The Hall–Kier alpha value is -3.17. The van der Waals surface area contributed by atoms with Crippen molar-refractivity contribution in [3.63, 3.8) is 0 Å². The molecule has 176 valence electrons. The van der Waals surface area contributed by atoms with Crippen LogP contribution in [-0.2, 0) is 13.1 Å². The summed E-state index contributed by atoms with van der Waals surface area (Å²) in [4.78, 5) is 41.3. The number of anilines is 1. The number of imidazole rings is 1. The van der Waals surface area contributed by atoms with Gasteiger partial charge in [-0.05, 0) is 58.0 Å². The summed E-state index contributed by atoms with van der Waals surface area (Å²) in [5.41, 5.74) is 3.17. The smallest absolute Gasteiger partial charge is 0.326 e. The Morgan fingerprint density at radius 1 is 1.03 bits per heavy atom. The number of nitrogens with one attached hydrogen (secondary N) is 1. The van der Waals surface area contributed by atoms with Gasteiger partial charge in [-0.25, -0.2) is 9.78 Å². The summed E-state index contributed by atoms with van der Waals surface area (Å²) in [5, 5.41) is 0. The SMILES string of the molecule is CN(C)CCn1c(=O)[nH]c2ccc(C(=O)N3CCN(c4ccc(CN(C)C)cn4)CC3)cc21. The van der Waals surface area contributed by atoms with E-state index < -0.39 is 0 Å². The minimum Gasteiger partial charge on any atom is -0.353 e. The predicted octanol–water partition coefficient (Wildman–Crippen LogP) is 1.31. The molecule has 1 aromatic carbocycles. The Morgan fingerprint density at radius 2 is 1.79 bits per heavy atom. The fraction of sp³-hybridized carbons (Fsp3) is 0.458. The van der Waals surface area contributed by atoms with Gasteiger partial charge in [0.05, 0.1) is 11.0 Å². The lowest BCUT2D eigenvalue weighted by Crippen LogP contribution is -2.49. The van der Waals surface area contributed by atoms with Crippen LogP contribution in [0.1, 0.15) is 15.9 Å². The molecule has 1 N–H and O–H groups in total. The van der Waals surface area contributed by atoms with Gasteiger partial charge in [-0.1, -0.05) is 6.07 Å². The third-order valence-electron chi connectivity index (χ3n) is 5.99. The van der Waals surface area contributed by atoms with Gasteiger partial charge in [0, 0.05) is 57.6 Å². The maximum Gasteiger partial charge on any atom is 0.326 e. The molecule has 0 aliphatic carbocycles. The molecule has 1 saturated heterocycles. The van der Waals surface area contributed by atoms with Crippen molar-refractivity contribution in [2.75, 3.05) is 65.8 Å². The number of H-pyrrole nitrogens is 1. The Morgan fingerprint density at radius 3 is 2.42 bits per heavy atom. The molecule has 0 bridgehead atoms. The molecule has 0 radical (unpaired) electrons. The second-order valence-electron chi connectivity index (χ2n) is 9.16. The number of nitrogens with zero attached hydrogens (tertiary/aromatic N) is 6. The highest BCUT2D eigenvalue weighted by atomic mass is 16.2. The lowest BCUT2D eigenvalue weighted by Gasteiger charge is -2.35. The molecular weight excluding hydrogens is 418 g/mol. The topological polar surface area (TPSA) is 80.7 Å². The first-order valence-electron chi connectivity index (χ1n) is 11.3.